The third-order valence-electron chi connectivity index (χ3n) is 6.47. The molecule has 0 bridgehead atoms. The largest absolute Gasteiger partial charge is 0.305 e. The summed E-state index contributed by atoms with van der Waals surface area (Å²) < 4.78 is 0. The van der Waals surface area contributed by atoms with E-state index in [1.165, 1.54) is 37.9 Å². The first-order valence-corrected chi connectivity index (χ1v) is 13.9. The van der Waals surface area contributed by atoms with Crippen LogP contribution in [0.4, 0.5) is 0 Å². The van der Waals surface area contributed by atoms with Crippen LogP contribution < -0.4 is 21.2 Å². The van der Waals surface area contributed by atoms with Crippen molar-refractivity contribution in [1.29, 1.82) is 0 Å². The van der Waals surface area contributed by atoms with Crippen molar-refractivity contribution in [2.45, 2.75) is 14.0 Å². The molecule has 0 aliphatic rings. The second-order valence-electron chi connectivity index (χ2n) is 9.16. The highest BCUT2D eigenvalue weighted by atomic mass is 31.2. The molecular formula is C34H35NP+. The van der Waals surface area contributed by atoms with Gasteiger partial charge in [-0.05, 0) is 79.3 Å². The lowest BCUT2D eigenvalue weighted by molar-refractivity contribution is 0.402. The zero-order valence-electron chi connectivity index (χ0n) is 20.4. The topological polar surface area (TPSA) is 3.24 Å². The van der Waals surface area contributed by atoms with Crippen molar-refractivity contribution in [2.24, 2.45) is 0 Å². The van der Waals surface area contributed by atoms with Gasteiger partial charge >= 0.3 is 0 Å². The Kier molecular flexibility index (Phi) is 8.16. The summed E-state index contributed by atoms with van der Waals surface area (Å²) in [6.45, 7) is 0.956. The zero-order chi connectivity index (χ0) is 24.1. The van der Waals surface area contributed by atoms with Gasteiger partial charge in [0.05, 0.1) is 0 Å². The Balaban J connectivity index is 0.00000304. The molecular weight excluding hydrogens is 453 g/mol. The molecule has 0 aliphatic carbocycles. The van der Waals surface area contributed by atoms with Crippen LogP contribution in [0.1, 0.15) is 13.0 Å². The Bertz CT molecular complexity index is 1250. The highest BCUT2D eigenvalue weighted by Gasteiger charge is 2.47. The lowest BCUT2D eigenvalue weighted by Gasteiger charge is -2.27. The molecule has 0 radical (unpaired) electrons. The van der Waals surface area contributed by atoms with Crippen LogP contribution in [0.5, 0.6) is 0 Å². The van der Waals surface area contributed by atoms with Crippen LogP contribution in [-0.4, -0.2) is 19.0 Å². The molecule has 0 saturated heterocycles. The minimum Gasteiger partial charge on any atom is -0.305 e. The standard InChI is InChI=1S/C33H31NP.CH4/c1-34(2)26-27-18-20-28(21-19-27)29-22-24-33(25-23-29)35(30-12-6-3-7-13-30,31-14-8-4-9-15-31)32-16-10-5-11-17-32;/h3-25H,26H2,1-2H3;1H4/q+1;. The summed E-state index contributed by atoms with van der Waals surface area (Å²) >= 11 is 0. The van der Waals surface area contributed by atoms with Crippen LogP contribution in [0.3, 0.4) is 0 Å². The summed E-state index contributed by atoms with van der Waals surface area (Å²) in [6.07, 6.45) is 0. The van der Waals surface area contributed by atoms with Gasteiger partial charge < -0.3 is 4.90 Å². The van der Waals surface area contributed by atoms with Gasteiger partial charge in [-0.2, -0.15) is 0 Å². The Hall–Kier alpha value is -3.51. The highest BCUT2D eigenvalue weighted by Crippen LogP contribution is 2.54. The molecule has 0 aromatic heterocycles. The van der Waals surface area contributed by atoms with Gasteiger partial charge in [-0.15, -0.1) is 0 Å². The van der Waals surface area contributed by atoms with Crippen molar-refractivity contribution in [3.63, 3.8) is 0 Å². The van der Waals surface area contributed by atoms with Gasteiger partial charge in [0.2, 0.25) is 0 Å². The maximum Gasteiger partial charge on any atom is 0.144 e. The Morgan fingerprint density at radius 3 is 1.14 bits per heavy atom. The van der Waals surface area contributed by atoms with Crippen molar-refractivity contribution in [3.8, 4) is 11.1 Å². The normalized spacial score (nSPS) is 11.2. The molecule has 180 valence electrons. The average molecular weight is 489 g/mol. The molecule has 0 saturated carbocycles. The molecule has 0 amide bonds. The van der Waals surface area contributed by atoms with Gasteiger partial charge in [-0.25, -0.2) is 0 Å². The Morgan fingerprint density at radius 2 is 0.778 bits per heavy atom. The summed E-state index contributed by atoms with van der Waals surface area (Å²) in [6, 6.07) is 51.3. The molecule has 0 aliphatic heterocycles. The number of nitrogens with zero attached hydrogens (tertiary/aromatic N) is 1. The molecule has 0 spiro atoms. The van der Waals surface area contributed by atoms with Crippen LogP contribution in [0.15, 0.2) is 140 Å². The van der Waals surface area contributed by atoms with E-state index < -0.39 is 7.26 Å². The third-order valence-corrected chi connectivity index (χ3v) is 10.8. The fourth-order valence-electron chi connectivity index (χ4n) is 4.89. The second-order valence-corrected chi connectivity index (χ2v) is 12.6. The number of hydrogen-bond acceptors (Lipinski definition) is 1. The molecule has 0 N–H and O–H groups in total. The molecule has 36 heavy (non-hydrogen) atoms. The first-order chi connectivity index (χ1) is 17.2. The predicted molar refractivity (Wildman–Crippen MR) is 161 cm³/mol. The lowest BCUT2D eigenvalue weighted by Crippen LogP contribution is -2.38. The second kappa shape index (κ2) is 11.5. The molecule has 5 aromatic carbocycles. The molecule has 5 rings (SSSR count). The van der Waals surface area contributed by atoms with Gasteiger partial charge in [0, 0.05) is 6.54 Å². The quantitative estimate of drug-likeness (QED) is 0.231. The van der Waals surface area contributed by atoms with Gasteiger partial charge in [0.25, 0.3) is 0 Å². The molecule has 0 atom stereocenters. The molecule has 1 nitrogen and oxygen atoms in total. The lowest BCUT2D eigenvalue weighted by atomic mass is 10.0. The van der Waals surface area contributed by atoms with E-state index in [0.717, 1.165) is 6.54 Å². The van der Waals surface area contributed by atoms with E-state index in [1.807, 2.05) is 0 Å². The van der Waals surface area contributed by atoms with Gasteiger partial charge in [0.1, 0.15) is 28.5 Å². The zero-order valence-corrected chi connectivity index (χ0v) is 21.3. The summed E-state index contributed by atoms with van der Waals surface area (Å²) in [5, 5.41) is 5.49. The maximum absolute atomic E-state index is 2.35. The van der Waals surface area contributed by atoms with E-state index in [4.69, 9.17) is 0 Å². The molecule has 0 fully saturated rings. The van der Waals surface area contributed by atoms with E-state index in [-0.39, 0.29) is 7.43 Å². The minimum atomic E-state index is -2.05. The van der Waals surface area contributed by atoms with E-state index >= 15 is 0 Å². The van der Waals surface area contributed by atoms with Gasteiger partial charge in [0.15, 0.2) is 0 Å². The van der Waals surface area contributed by atoms with Gasteiger partial charge in [-0.1, -0.05) is 98.4 Å². The van der Waals surface area contributed by atoms with Crippen LogP contribution >= 0.6 is 7.26 Å². The van der Waals surface area contributed by atoms with Crippen LogP contribution in [0.25, 0.3) is 11.1 Å². The molecule has 2 heteroatoms. The van der Waals surface area contributed by atoms with E-state index in [2.05, 4.69) is 159 Å². The number of benzene rings is 5. The Labute approximate surface area is 217 Å². The first kappa shape index (κ1) is 25.6. The van der Waals surface area contributed by atoms with Crippen molar-refractivity contribution < 1.29 is 0 Å². The number of rotatable bonds is 7. The molecule has 0 heterocycles. The Morgan fingerprint density at radius 1 is 0.444 bits per heavy atom. The van der Waals surface area contributed by atoms with Crippen molar-refractivity contribution in [3.05, 3.63) is 145 Å². The average Bonchev–Trinajstić information content (AvgIpc) is 2.92. The van der Waals surface area contributed by atoms with Crippen LogP contribution in [0.2, 0.25) is 0 Å². The van der Waals surface area contributed by atoms with Gasteiger partial charge in [-0.3, -0.25) is 0 Å². The van der Waals surface area contributed by atoms with Crippen LogP contribution in [-0.2, 0) is 6.54 Å². The van der Waals surface area contributed by atoms with E-state index in [0.29, 0.717) is 0 Å². The smallest absolute Gasteiger partial charge is 0.144 e. The highest BCUT2D eigenvalue weighted by molar-refractivity contribution is 8.01. The van der Waals surface area contributed by atoms with Crippen molar-refractivity contribution >= 4 is 28.5 Å². The van der Waals surface area contributed by atoms with Crippen LogP contribution in [0, 0.1) is 0 Å². The van der Waals surface area contributed by atoms with E-state index in [9.17, 15) is 0 Å². The third kappa shape index (κ3) is 5.05. The molecule has 0 unspecified atom stereocenters. The summed E-state index contributed by atoms with van der Waals surface area (Å²) in [7, 11) is 2.16. The fraction of sp³-hybridized carbons (Fsp3) is 0.118. The van der Waals surface area contributed by atoms with Crippen molar-refractivity contribution in [1.82, 2.24) is 4.90 Å². The summed E-state index contributed by atoms with van der Waals surface area (Å²) in [5.41, 5.74) is 3.83. The first-order valence-electron chi connectivity index (χ1n) is 12.1. The fourth-order valence-corrected chi connectivity index (χ4v) is 9.14. The summed E-state index contributed by atoms with van der Waals surface area (Å²) in [4.78, 5) is 2.20. The minimum absolute atomic E-state index is 0. The summed E-state index contributed by atoms with van der Waals surface area (Å²) in [5.74, 6) is 0. The monoisotopic (exact) mass is 488 g/mol. The van der Waals surface area contributed by atoms with E-state index in [1.54, 1.807) is 0 Å². The predicted octanol–water partition coefficient (Wildman–Crippen LogP) is 6.67. The SMILES string of the molecule is C.CN(C)Cc1ccc(-c2ccc([P+](c3ccccc3)(c3ccccc3)c3ccccc3)cc2)cc1. The molecule has 5 aromatic rings. The maximum atomic E-state index is 2.35. The number of hydrogen-bond donors (Lipinski definition) is 0. The van der Waals surface area contributed by atoms with Crippen molar-refractivity contribution in [2.75, 3.05) is 14.1 Å².